The second-order valence-electron chi connectivity index (χ2n) is 6.34. The van der Waals surface area contributed by atoms with Crippen LogP contribution in [0.3, 0.4) is 0 Å². The molecule has 1 aliphatic rings. The fraction of sp³-hybridized carbons (Fsp3) is 0.333. The second-order valence-corrected chi connectivity index (χ2v) is 7.29. The monoisotopic (exact) mass is 368 g/mol. The first-order valence-electron chi connectivity index (χ1n) is 8.60. The molecule has 8 heteroatoms. The topological polar surface area (TPSA) is 75.9 Å². The molecule has 26 heavy (non-hydrogen) atoms. The summed E-state index contributed by atoms with van der Waals surface area (Å²) < 4.78 is 1.76. The average molecular weight is 368 g/mol. The van der Waals surface area contributed by atoms with E-state index < -0.39 is 0 Å². The number of anilines is 1. The molecule has 0 saturated carbocycles. The van der Waals surface area contributed by atoms with Crippen LogP contribution in [0.1, 0.15) is 23.3 Å². The van der Waals surface area contributed by atoms with E-state index in [2.05, 4.69) is 25.3 Å². The molecule has 4 rings (SSSR count). The summed E-state index contributed by atoms with van der Waals surface area (Å²) in [5.74, 6) is 0.721. The number of piperidine rings is 1. The van der Waals surface area contributed by atoms with Crippen molar-refractivity contribution in [1.82, 2.24) is 25.1 Å². The van der Waals surface area contributed by atoms with Crippen molar-refractivity contribution < 1.29 is 4.79 Å². The zero-order chi connectivity index (χ0) is 17.9. The van der Waals surface area contributed by atoms with E-state index in [1.165, 1.54) is 0 Å². The summed E-state index contributed by atoms with van der Waals surface area (Å²) in [5, 5.41) is 9.52. The van der Waals surface area contributed by atoms with Crippen LogP contribution in [0, 0.1) is 0 Å². The number of hydrogen-bond donors (Lipinski definition) is 1. The van der Waals surface area contributed by atoms with E-state index in [1.807, 2.05) is 30.6 Å². The summed E-state index contributed by atoms with van der Waals surface area (Å²) in [5.41, 5.74) is 1.41. The van der Waals surface area contributed by atoms with Crippen LogP contribution in [-0.2, 0) is 7.05 Å². The lowest BCUT2D eigenvalue weighted by atomic mass is 10.1. The second kappa shape index (κ2) is 7.25. The van der Waals surface area contributed by atoms with E-state index >= 15 is 0 Å². The molecule has 1 fully saturated rings. The number of aromatic nitrogens is 4. The molecule has 4 heterocycles. The maximum absolute atomic E-state index is 12.7. The maximum Gasteiger partial charge on any atom is 0.272 e. The van der Waals surface area contributed by atoms with E-state index in [0.29, 0.717) is 5.69 Å². The minimum atomic E-state index is -0.130. The smallest absolute Gasteiger partial charge is 0.272 e. The van der Waals surface area contributed by atoms with Gasteiger partial charge in [0, 0.05) is 38.6 Å². The van der Waals surface area contributed by atoms with E-state index in [0.717, 1.165) is 42.3 Å². The Hall–Kier alpha value is -2.74. The van der Waals surface area contributed by atoms with Crippen molar-refractivity contribution in [2.75, 3.05) is 18.0 Å². The first-order valence-corrected chi connectivity index (χ1v) is 9.48. The van der Waals surface area contributed by atoms with E-state index in [1.54, 1.807) is 34.6 Å². The molecule has 1 aliphatic heterocycles. The maximum atomic E-state index is 12.7. The molecule has 0 spiro atoms. The largest absolute Gasteiger partial charge is 0.353 e. The van der Waals surface area contributed by atoms with E-state index in [-0.39, 0.29) is 11.9 Å². The molecule has 0 aromatic carbocycles. The Morgan fingerprint density at radius 3 is 3.08 bits per heavy atom. The number of carbonyl (C=O) groups excluding carboxylic acids is 1. The molecule has 3 aromatic heterocycles. The summed E-state index contributed by atoms with van der Waals surface area (Å²) in [4.78, 5) is 24.4. The van der Waals surface area contributed by atoms with Gasteiger partial charge in [-0.1, -0.05) is 6.07 Å². The highest BCUT2D eigenvalue weighted by atomic mass is 32.1. The van der Waals surface area contributed by atoms with Crippen LogP contribution in [0.5, 0.6) is 0 Å². The van der Waals surface area contributed by atoms with Crippen molar-refractivity contribution in [3.63, 3.8) is 0 Å². The Labute approximate surface area is 155 Å². The van der Waals surface area contributed by atoms with Gasteiger partial charge in [-0.3, -0.25) is 14.5 Å². The van der Waals surface area contributed by atoms with Crippen LogP contribution >= 0.6 is 11.3 Å². The summed E-state index contributed by atoms with van der Waals surface area (Å²) in [7, 11) is 1.86. The number of nitrogens with one attached hydrogen (secondary N) is 1. The van der Waals surface area contributed by atoms with Gasteiger partial charge in [0.1, 0.15) is 5.82 Å². The Balaban J connectivity index is 1.44. The third-order valence-corrected chi connectivity index (χ3v) is 5.41. The van der Waals surface area contributed by atoms with Gasteiger partial charge in [0.05, 0.1) is 16.8 Å². The van der Waals surface area contributed by atoms with E-state index in [9.17, 15) is 4.79 Å². The third kappa shape index (κ3) is 3.45. The van der Waals surface area contributed by atoms with Crippen LogP contribution < -0.4 is 10.2 Å². The molecular weight excluding hydrogens is 348 g/mol. The van der Waals surface area contributed by atoms with Gasteiger partial charge < -0.3 is 10.2 Å². The zero-order valence-electron chi connectivity index (χ0n) is 14.5. The lowest BCUT2D eigenvalue weighted by Crippen LogP contribution is -2.48. The number of nitrogens with zero attached hydrogens (tertiary/aromatic N) is 5. The third-order valence-electron chi connectivity index (χ3n) is 4.52. The standard InChI is InChI=1S/C18H20N6OS/c1-23-15(16-5-3-9-26-16)10-14(22-23)18(25)21-13-4-2-8-24(12-13)17-11-19-6-7-20-17/h3,5-7,9-11,13H,2,4,8,12H2,1H3,(H,21,25)/t13-/m1/s1. The molecule has 1 N–H and O–H groups in total. The molecule has 0 radical (unpaired) electrons. The molecule has 0 bridgehead atoms. The van der Waals surface area contributed by atoms with Gasteiger partial charge in [0.2, 0.25) is 0 Å². The summed E-state index contributed by atoms with van der Waals surface area (Å²) in [6, 6.07) is 5.95. The molecule has 0 unspecified atom stereocenters. The molecule has 1 amide bonds. The summed E-state index contributed by atoms with van der Waals surface area (Å²) in [6.45, 7) is 1.66. The van der Waals surface area contributed by atoms with Crippen LogP contribution in [-0.4, -0.2) is 44.8 Å². The highest BCUT2D eigenvalue weighted by Gasteiger charge is 2.24. The molecular formula is C18H20N6OS. The Kier molecular flexibility index (Phi) is 4.66. The Bertz CT molecular complexity index is 876. The fourth-order valence-corrected chi connectivity index (χ4v) is 4.02. The quantitative estimate of drug-likeness (QED) is 0.765. The fourth-order valence-electron chi connectivity index (χ4n) is 3.25. The van der Waals surface area contributed by atoms with E-state index in [4.69, 9.17) is 0 Å². The van der Waals surface area contributed by atoms with Crippen molar-refractivity contribution in [1.29, 1.82) is 0 Å². The minimum Gasteiger partial charge on any atom is -0.353 e. The number of amides is 1. The van der Waals surface area contributed by atoms with Gasteiger partial charge in [0.15, 0.2) is 5.69 Å². The lowest BCUT2D eigenvalue weighted by Gasteiger charge is -2.33. The predicted molar refractivity (Wildman–Crippen MR) is 101 cm³/mol. The first kappa shape index (κ1) is 16.7. The normalized spacial score (nSPS) is 17.3. The Morgan fingerprint density at radius 1 is 1.38 bits per heavy atom. The van der Waals surface area contributed by atoms with Gasteiger partial charge in [0.25, 0.3) is 5.91 Å². The number of rotatable bonds is 4. The highest BCUT2D eigenvalue weighted by molar-refractivity contribution is 7.13. The number of carbonyl (C=O) groups is 1. The number of thiophene rings is 1. The van der Waals surface area contributed by atoms with Crippen molar-refractivity contribution in [3.8, 4) is 10.6 Å². The van der Waals surface area contributed by atoms with Crippen molar-refractivity contribution in [3.05, 3.63) is 47.9 Å². The highest BCUT2D eigenvalue weighted by Crippen LogP contribution is 2.25. The van der Waals surface area contributed by atoms with Gasteiger partial charge in [-0.25, -0.2) is 4.98 Å². The predicted octanol–water partition coefficient (Wildman–Crippen LogP) is 2.34. The molecule has 1 saturated heterocycles. The molecule has 7 nitrogen and oxygen atoms in total. The number of hydrogen-bond acceptors (Lipinski definition) is 6. The van der Waals surface area contributed by atoms with Gasteiger partial charge in [-0.15, -0.1) is 11.3 Å². The summed E-state index contributed by atoms with van der Waals surface area (Å²) >= 11 is 1.64. The first-order chi connectivity index (χ1) is 12.7. The molecule has 1 atom stereocenters. The van der Waals surface area contributed by atoms with Gasteiger partial charge >= 0.3 is 0 Å². The van der Waals surface area contributed by atoms with Crippen molar-refractivity contribution in [2.24, 2.45) is 7.05 Å². The molecule has 134 valence electrons. The van der Waals surface area contributed by atoms with Crippen LogP contribution in [0.2, 0.25) is 0 Å². The van der Waals surface area contributed by atoms with Crippen LogP contribution in [0.4, 0.5) is 5.82 Å². The zero-order valence-corrected chi connectivity index (χ0v) is 15.3. The van der Waals surface area contributed by atoms with Crippen LogP contribution in [0.25, 0.3) is 10.6 Å². The Morgan fingerprint density at radius 2 is 2.31 bits per heavy atom. The van der Waals surface area contributed by atoms with Gasteiger partial charge in [-0.2, -0.15) is 5.10 Å². The average Bonchev–Trinajstić information content (AvgIpc) is 3.32. The van der Waals surface area contributed by atoms with Crippen molar-refractivity contribution in [2.45, 2.75) is 18.9 Å². The molecule has 3 aromatic rings. The number of aryl methyl sites for hydroxylation is 1. The van der Waals surface area contributed by atoms with Gasteiger partial charge in [-0.05, 0) is 30.4 Å². The SMILES string of the molecule is Cn1nc(C(=O)N[C@@H]2CCCN(c3cnccn3)C2)cc1-c1cccs1. The van der Waals surface area contributed by atoms with Crippen LogP contribution in [0.15, 0.2) is 42.2 Å². The minimum absolute atomic E-state index is 0.0745. The lowest BCUT2D eigenvalue weighted by molar-refractivity contribution is 0.0927. The summed E-state index contributed by atoms with van der Waals surface area (Å²) in [6.07, 6.45) is 7.07. The van der Waals surface area contributed by atoms with Crippen molar-refractivity contribution >= 4 is 23.1 Å². The molecule has 0 aliphatic carbocycles.